The standard InChI is InChI=1S/C14H20Cl2N2O/c1-3-18(4-2)14(19)7-8-17-10-11-5-6-12(15)9-13(11)16/h5-6,9,17H,3-4,7-8,10H2,1-2H3. The summed E-state index contributed by atoms with van der Waals surface area (Å²) in [7, 11) is 0. The quantitative estimate of drug-likeness (QED) is 0.784. The van der Waals surface area contributed by atoms with E-state index in [1.54, 1.807) is 6.07 Å². The first-order chi connectivity index (χ1) is 9.08. The average molecular weight is 303 g/mol. The highest BCUT2D eigenvalue weighted by atomic mass is 35.5. The van der Waals surface area contributed by atoms with Crippen LogP contribution in [0.25, 0.3) is 0 Å². The van der Waals surface area contributed by atoms with E-state index >= 15 is 0 Å². The first-order valence-electron chi connectivity index (χ1n) is 6.50. The highest BCUT2D eigenvalue weighted by Crippen LogP contribution is 2.20. The molecule has 0 atom stereocenters. The number of hydrogen-bond donors (Lipinski definition) is 1. The van der Waals surface area contributed by atoms with Crippen molar-refractivity contribution >= 4 is 29.1 Å². The van der Waals surface area contributed by atoms with Gasteiger partial charge in [-0.05, 0) is 31.5 Å². The number of carbonyl (C=O) groups excluding carboxylic acids is 1. The lowest BCUT2D eigenvalue weighted by Gasteiger charge is -2.18. The third-order valence-electron chi connectivity index (χ3n) is 2.96. The molecule has 1 N–H and O–H groups in total. The van der Waals surface area contributed by atoms with Crippen molar-refractivity contribution in [3.05, 3.63) is 33.8 Å². The molecule has 0 unspecified atom stereocenters. The summed E-state index contributed by atoms with van der Waals surface area (Å²) in [6.45, 7) is 6.79. The number of amides is 1. The molecule has 0 spiro atoms. The van der Waals surface area contributed by atoms with Gasteiger partial charge in [-0.15, -0.1) is 0 Å². The molecule has 1 amide bonds. The van der Waals surface area contributed by atoms with Crippen LogP contribution in [0.15, 0.2) is 18.2 Å². The molecule has 0 aromatic heterocycles. The number of nitrogens with one attached hydrogen (secondary N) is 1. The molecule has 0 aliphatic carbocycles. The second-order valence-electron chi connectivity index (χ2n) is 4.23. The van der Waals surface area contributed by atoms with E-state index in [0.29, 0.717) is 29.6 Å². The lowest BCUT2D eigenvalue weighted by Crippen LogP contribution is -2.32. The van der Waals surface area contributed by atoms with E-state index in [1.165, 1.54) is 0 Å². The third-order valence-corrected chi connectivity index (χ3v) is 3.55. The van der Waals surface area contributed by atoms with Gasteiger partial charge in [-0.2, -0.15) is 0 Å². The maximum absolute atomic E-state index is 11.8. The van der Waals surface area contributed by atoms with Crippen molar-refractivity contribution in [2.75, 3.05) is 19.6 Å². The Labute approximate surface area is 124 Å². The molecule has 1 aromatic carbocycles. The van der Waals surface area contributed by atoms with E-state index in [2.05, 4.69) is 5.32 Å². The Morgan fingerprint density at radius 3 is 2.53 bits per heavy atom. The van der Waals surface area contributed by atoms with Crippen LogP contribution in [0.2, 0.25) is 10.0 Å². The van der Waals surface area contributed by atoms with Crippen molar-refractivity contribution in [2.24, 2.45) is 0 Å². The number of halogens is 2. The molecule has 0 saturated heterocycles. The highest BCUT2D eigenvalue weighted by molar-refractivity contribution is 6.35. The predicted molar refractivity (Wildman–Crippen MR) is 80.7 cm³/mol. The van der Waals surface area contributed by atoms with Crippen molar-refractivity contribution < 1.29 is 4.79 Å². The van der Waals surface area contributed by atoms with Crippen molar-refractivity contribution in [2.45, 2.75) is 26.8 Å². The Kier molecular flexibility index (Phi) is 7.21. The normalized spacial score (nSPS) is 10.5. The van der Waals surface area contributed by atoms with Crippen molar-refractivity contribution in [1.29, 1.82) is 0 Å². The number of carbonyl (C=O) groups is 1. The van der Waals surface area contributed by atoms with Gasteiger partial charge in [-0.25, -0.2) is 0 Å². The van der Waals surface area contributed by atoms with Gasteiger partial charge < -0.3 is 10.2 Å². The van der Waals surface area contributed by atoms with E-state index < -0.39 is 0 Å². The second-order valence-corrected chi connectivity index (χ2v) is 5.07. The molecule has 1 aromatic rings. The van der Waals surface area contributed by atoms with Crippen LogP contribution in [-0.4, -0.2) is 30.4 Å². The Balaban J connectivity index is 2.33. The molecule has 0 heterocycles. The van der Waals surface area contributed by atoms with Gasteiger partial charge in [0, 0.05) is 42.6 Å². The minimum Gasteiger partial charge on any atom is -0.343 e. The second kappa shape index (κ2) is 8.41. The maximum atomic E-state index is 11.8. The van der Waals surface area contributed by atoms with Crippen LogP contribution in [0.3, 0.4) is 0 Å². The first-order valence-corrected chi connectivity index (χ1v) is 7.26. The summed E-state index contributed by atoms with van der Waals surface area (Å²) in [6.07, 6.45) is 0.507. The lowest BCUT2D eigenvalue weighted by molar-refractivity contribution is -0.130. The fourth-order valence-electron chi connectivity index (χ4n) is 1.82. The number of benzene rings is 1. The summed E-state index contributed by atoms with van der Waals surface area (Å²) in [5.41, 5.74) is 0.987. The molecule has 3 nitrogen and oxygen atoms in total. The number of hydrogen-bond acceptors (Lipinski definition) is 2. The molecular formula is C14H20Cl2N2O. The fraction of sp³-hybridized carbons (Fsp3) is 0.500. The van der Waals surface area contributed by atoms with Gasteiger partial charge in [-0.3, -0.25) is 4.79 Å². The molecular weight excluding hydrogens is 283 g/mol. The van der Waals surface area contributed by atoms with Crippen LogP contribution in [-0.2, 0) is 11.3 Å². The molecule has 1 rings (SSSR count). The van der Waals surface area contributed by atoms with E-state index in [4.69, 9.17) is 23.2 Å². The van der Waals surface area contributed by atoms with Crippen LogP contribution < -0.4 is 5.32 Å². The first kappa shape index (κ1) is 16.3. The Bertz CT molecular complexity index is 420. The van der Waals surface area contributed by atoms with Gasteiger partial charge in [-0.1, -0.05) is 29.3 Å². The molecule has 106 valence electrons. The summed E-state index contributed by atoms with van der Waals surface area (Å²) < 4.78 is 0. The smallest absolute Gasteiger partial charge is 0.223 e. The van der Waals surface area contributed by atoms with E-state index in [-0.39, 0.29) is 5.91 Å². The monoisotopic (exact) mass is 302 g/mol. The molecule has 0 aliphatic heterocycles. The van der Waals surface area contributed by atoms with Crippen LogP contribution in [0.1, 0.15) is 25.8 Å². The van der Waals surface area contributed by atoms with Crippen LogP contribution >= 0.6 is 23.2 Å². The zero-order valence-electron chi connectivity index (χ0n) is 11.4. The van der Waals surface area contributed by atoms with E-state index in [9.17, 15) is 4.79 Å². The van der Waals surface area contributed by atoms with Gasteiger partial charge in [0.25, 0.3) is 0 Å². The molecule has 5 heteroatoms. The van der Waals surface area contributed by atoms with Gasteiger partial charge in [0.05, 0.1) is 0 Å². The van der Waals surface area contributed by atoms with Crippen molar-refractivity contribution in [3.8, 4) is 0 Å². The fourth-order valence-corrected chi connectivity index (χ4v) is 2.29. The molecule has 0 saturated carbocycles. The van der Waals surface area contributed by atoms with Crippen molar-refractivity contribution in [1.82, 2.24) is 10.2 Å². The minimum absolute atomic E-state index is 0.180. The number of rotatable bonds is 7. The molecule has 0 bridgehead atoms. The summed E-state index contributed by atoms with van der Waals surface area (Å²) in [6, 6.07) is 5.43. The van der Waals surface area contributed by atoms with Gasteiger partial charge >= 0.3 is 0 Å². The summed E-state index contributed by atoms with van der Waals surface area (Å²) in [5, 5.41) is 4.50. The SMILES string of the molecule is CCN(CC)C(=O)CCNCc1ccc(Cl)cc1Cl. The van der Waals surface area contributed by atoms with Crippen molar-refractivity contribution in [3.63, 3.8) is 0 Å². The molecule has 19 heavy (non-hydrogen) atoms. The maximum Gasteiger partial charge on any atom is 0.223 e. The Morgan fingerprint density at radius 1 is 1.26 bits per heavy atom. The topological polar surface area (TPSA) is 32.3 Å². The zero-order chi connectivity index (χ0) is 14.3. The van der Waals surface area contributed by atoms with Gasteiger partial charge in [0.1, 0.15) is 0 Å². The largest absolute Gasteiger partial charge is 0.343 e. The van der Waals surface area contributed by atoms with Gasteiger partial charge in [0.15, 0.2) is 0 Å². The molecule has 0 radical (unpaired) electrons. The summed E-state index contributed by atoms with van der Waals surface area (Å²) in [5.74, 6) is 0.180. The zero-order valence-corrected chi connectivity index (χ0v) is 12.9. The third kappa shape index (κ3) is 5.39. The number of nitrogens with zero attached hydrogens (tertiary/aromatic N) is 1. The predicted octanol–water partition coefficient (Wildman–Crippen LogP) is 3.34. The Morgan fingerprint density at radius 2 is 1.95 bits per heavy atom. The van der Waals surface area contributed by atoms with Crippen LogP contribution in [0.4, 0.5) is 0 Å². The molecule has 0 fully saturated rings. The van der Waals surface area contributed by atoms with E-state index in [0.717, 1.165) is 18.7 Å². The highest BCUT2D eigenvalue weighted by Gasteiger charge is 2.08. The van der Waals surface area contributed by atoms with Gasteiger partial charge in [0.2, 0.25) is 5.91 Å². The van der Waals surface area contributed by atoms with Crippen LogP contribution in [0.5, 0.6) is 0 Å². The van der Waals surface area contributed by atoms with Crippen LogP contribution in [0, 0.1) is 0 Å². The van der Waals surface area contributed by atoms with E-state index in [1.807, 2.05) is 30.9 Å². The molecule has 0 aliphatic rings. The summed E-state index contributed by atoms with van der Waals surface area (Å²) >= 11 is 11.9. The minimum atomic E-state index is 0.180. The Hall–Kier alpha value is -0.770. The average Bonchev–Trinajstić information content (AvgIpc) is 2.38. The lowest BCUT2D eigenvalue weighted by atomic mass is 10.2. The summed E-state index contributed by atoms with van der Waals surface area (Å²) in [4.78, 5) is 13.6.